The van der Waals surface area contributed by atoms with E-state index in [1.807, 2.05) is 30.5 Å². The zero-order valence-corrected chi connectivity index (χ0v) is 12.6. The molecule has 5 heteroatoms. The maximum absolute atomic E-state index is 5.98. The summed E-state index contributed by atoms with van der Waals surface area (Å²) in [4.78, 5) is 6.72. The third-order valence-corrected chi connectivity index (χ3v) is 5.69. The SMILES string of the molecule is c1ccc(O[C@H]2CSC3(C2)CN(Cc2ccoc2)C3)nc1. The van der Waals surface area contributed by atoms with Gasteiger partial charge in [0.05, 0.1) is 12.5 Å². The van der Waals surface area contributed by atoms with E-state index in [0.29, 0.717) is 10.9 Å². The lowest BCUT2D eigenvalue weighted by molar-refractivity contribution is 0.0907. The number of likely N-dealkylation sites (tertiary alicyclic amines) is 1. The highest BCUT2D eigenvalue weighted by atomic mass is 32.2. The molecule has 0 aliphatic carbocycles. The highest BCUT2D eigenvalue weighted by Crippen LogP contribution is 2.46. The summed E-state index contributed by atoms with van der Waals surface area (Å²) in [5, 5.41) is 0. The Balaban J connectivity index is 1.29. The summed E-state index contributed by atoms with van der Waals surface area (Å²) in [7, 11) is 0. The van der Waals surface area contributed by atoms with Crippen LogP contribution in [0.3, 0.4) is 0 Å². The predicted octanol–water partition coefficient (Wildman–Crippen LogP) is 2.81. The van der Waals surface area contributed by atoms with Crippen LogP contribution in [0.1, 0.15) is 12.0 Å². The van der Waals surface area contributed by atoms with Crippen molar-refractivity contribution in [2.45, 2.75) is 23.8 Å². The van der Waals surface area contributed by atoms with Gasteiger partial charge in [0.1, 0.15) is 6.10 Å². The van der Waals surface area contributed by atoms with Crippen LogP contribution >= 0.6 is 11.8 Å². The Kier molecular flexibility index (Phi) is 3.39. The second kappa shape index (κ2) is 5.39. The van der Waals surface area contributed by atoms with Crippen molar-refractivity contribution >= 4 is 11.8 Å². The van der Waals surface area contributed by atoms with Gasteiger partial charge in [-0.05, 0) is 12.1 Å². The topological polar surface area (TPSA) is 38.5 Å². The van der Waals surface area contributed by atoms with E-state index in [-0.39, 0.29) is 0 Å². The summed E-state index contributed by atoms with van der Waals surface area (Å²) in [6.45, 7) is 3.28. The summed E-state index contributed by atoms with van der Waals surface area (Å²) >= 11 is 2.06. The molecule has 1 spiro atoms. The van der Waals surface area contributed by atoms with E-state index in [2.05, 4.69) is 21.6 Å². The molecule has 2 saturated heterocycles. The van der Waals surface area contributed by atoms with E-state index >= 15 is 0 Å². The molecule has 4 nitrogen and oxygen atoms in total. The minimum Gasteiger partial charge on any atom is -0.473 e. The molecule has 0 radical (unpaired) electrons. The number of hydrogen-bond acceptors (Lipinski definition) is 5. The van der Waals surface area contributed by atoms with Gasteiger partial charge in [-0.1, -0.05) is 6.07 Å². The lowest BCUT2D eigenvalue weighted by Gasteiger charge is -2.47. The van der Waals surface area contributed by atoms with Crippen molar-refractivity contribution in [2.75, 3.05) is 18.8 Å². The monoisotopic (exact) mass is 302 g/mol. The van der Waals surface area contributed by atoms with Crippen LogP contribution in [0.4, 0.5) is 0 Å². The lowest BCUT2D eigenvalue weighted by atomic mass is 9.92. The summed E-state index contributed by atoms with van der Waals surface area (Å²) in [6, 6.07) is 7.86. The maximum atomic E-state index is 5.98. The number of thioether (sulfide) groups is 1. The van der Waals surface area contributed by atoms with Gasteiger partial charge in [-0.25, -0.2) is 4.98 Å². The van der Waals surface area contributed by atoms with Gasteiger partial charge in [0.2, 0.25) is 5.88 Å². The van der Waals surface area contributed by atoms with Gasteiger partial charge in [-0.15, -0.1) is 11.8 Å². The summed E-state index contributed by atoms with van der Waals surface area (Å²) in [5.41, 5.74) is 1.26. The van der Waals surface area contributed by atoms with Gasteiger partial charge in [-0.2, -0.15) is 0 Å². The van der Waals surface area contributed by atoms with Crippen molar-refractivity contribution in [2.24, 2.45) is 0 Å². The molecular formula is C16H18N2O2S. The minimum atomic E-state index is 0.293. The first kappa shape index (κ1) is 13.2. The molecule has 110 valence electrons. The van der Waals surface area contributed by atoms with Crippen LogP contribution < -0.4 is 4.74 Å². The standard InChI is InChI=1S/C16H18N2O2S/c1-2-5-17-15(3-1)20-14-7-16(21-10-14)11-18(12-16)8-13-4-6-19-9-13/h1-6,9,14H,7-8,10-12H2/t14-/m1/s1. The third kappa shape index (κ3) is 2.80. The Morgan fingerprint density at radius 1 is 1.38 bits per heavy atom. The lowest BCUT2D eigenvalue weighted by Crippen LogP contribution is -2.58. The fourth-order valence-electron chi connectivity index (χ4n) is 3.21. The Morgan fingerprint density at radius 3 is 3.10 bits per heavy atom. The molecule has 0 aromatic carbocycles. The first-order valence-corrected chi connectivity index (χ1v) is 8.25. The molecular weight excluding hydrogens is 284 g/mol. The molecule has 2 aromatic heterocycles. The molecule has 0 bridgehead atoms. The van der Waals surface area contributed by atoms with Gasteiger partial charge in [-0.3, -0.25) is 4.90 Å². The zero-order valence-electron chi connectivity index (χ0n) is 11.8. The van der Waals surface area contributed by atoms with Crippen molar-refractivity contribution < 1.29 is 9.15 Å². The van der Waals surface area contributed by atoms with Crippen LogP contribution in [0.5, 0.6) is 5.88 Å². The first-order chi connectivity index (χ1) is 10.3. The summed E-state index contributed by atoms with van der Waals surface area (Å²) < 4.78 is 11.5. The van der Waals surface area contributed by atoms with E-state index in [0.717, 1.165) is 37.7 Å². The van der Waals surface area contributed by atoms with Crippen LogP contribution in [-0.2, 0) is 6.54 Å². The van der Waals surface area contributed by atoms with E-state index in [1.165, 1.54) is 5.56 Å². The van der Waals surface area contributed by atoms with Crippen LogP contribution in [0.25, 0.3) is 0 Å². The Hall–Kier alpha value is -1.46. The Bertz CT molecular complexity index is 582. The van der Waals surface area contributed by atoms with Gasteiger partial charge in [0, 0.05) is 54.4 Å². The minimum absolute atomic E-state index is 0.293. The van der Waals surface area contributed by atoms with Gasteiger partial charge in [0.25, 0.3) is 0 Å². The molecule has 2 aliphatic heterocycles. The van der Waals surface area contributed by atoms with Crippen molar-refractivity contribution in [3.8, 4) is 5.88 Å². The van der Waals surface area contributed by atoms with Crippen LogP contribution in [-0.4, -0.2) is 39.6 Å². The number of hydrogen-bond donors (Lipinski definition) is 0. The fourth-order valence-corrected chi connectivity index (χ4v) is 4.78. The molecule has 2 aromatic rings. The number of rotatable bonds is 4. The van der Waals surface area contributed by atoms with Gasteiger partial charge in [0.15, 0.2) is 0 Å². The van der Waals surface area contributed by atoms with Crippen LogP contribution in [0, 0.1) is 0 Å². The van der Waals surface area contributed by atoms with Gasteiger partial charge < -0.3 is 9.15 Å². The molecule has 0 amide bonds. The largest absolute Gasteiger partial charge is 0.473 e. The smallest absolute Gasteiger partial charge is 0.213 e. The number of aromatic nitrogens is 1. The van der Waals surface area contributed by atoms with Crippen molar-refractivity contribution in [1.29, 1.82) is 0 Å². The average molecular weight is 302 g/mol. The molecule has 2 fully saturated rings. The highest BCUT2D eigenvalue weighted by molar-refractivity contribution is 8.01. The van der Waals surface area contributed by atoms with Crippen molar-refractivity contribution in [3.05, 3.63) is 48.6 Å². The normalized spacial score (nSPS) is 24.1. The number of furan rings is 1. The summed E-state index contributed by atoms with van der Waals surface area (Å²) in [6.07, 6.45) is 6.77. The maximum Gasteiger partial charge on any atom is 0.213 e. The second-order valence-corrected chi connectivity index (χ2v) is 7.37. The molecule has 4 heterocycles. The fraction of sp³-hybridized carbons (Fsp3) is 0.438. The van der Waals surface area contributed by atoms with E-state index in [9.17, 15) is 0 Å². The molecule has 0 N–H and O–H groups in total. The summed E-state index contributed by atoms with van der Waals surface area (Å²) in [5.74, 6) is 1.81. The van der Waals surface area contributed by atoms with Crippen molar-refractivity contribution in [3.63, 3.8) is 0 Å². The number of nitrogens with zero attached hydrogens (tertiary/aromatic N) is 2. The molecule has 2 aliphatic rings. The predicted molar refractivity (Wildman–Crippen MR) is 82.4 cm³/mol. The third-order valence-electron chi connectivity index (χ3n) is 4.11. The second-order valence-electron chi connectivity index (χ2n) is 5.88. The Morgan fingerprint density at radius 2 is 2.33 bits per heavy atom. The van der Waals surface area contributed by atoms with E-state index in [4.69, 9.17) is 9.15 Å². The van der Waals surface area contributed by atoms with Crippen LogP contribution in [0.2, 0.25) is 0 Å². The molecule has 0 unspecified atom stereocenters. The zero-order chi connectivity index (χ0) is 14.1. The number of ether oxygens (including phenoxy) is 1. The van der Waals surface area contributed by atoms with Crippen molar-refractivity contribution in [1.82, 2.24) is 9.88 Å². The van der Waals surface area contributed by atoms with E-state index < -0.39 is 0 Å². The van der Waals surface area contributed by atoms with Crippen LogP contribution in [0.15, 0.2) is 47.4 Å². The van der Waals surface area contributed by atoms with Gasteiger partial charge >= 0.3 is 0 Å². The molecule has 4 rings (SSSR count). The Labute approximate surface area is 128 Å². The van der Waals surface area contributed by atoms with E-state index in [1.54, 1.807) is 12.5 Å². The average Bonchev–Trinajstić information content (AvgIpc) is 3.10. The molecule has 0 saturated carbocycles. The molecule has 21 heavy (non-hydrogen) atoms. The quantitative estimate of drug-likeness (QED) is 0.868. The number of pyridine rings is 1. The first-order valence-electron chi connectivity index (χ1n) is 7.26. The highest BCUT2D eigenvalue weighted by Gasteiger charge is 2.49. The molecule has 1 atom stereocenters.